The van der Waals surface area contributed by atoms with Crippen molar-refractivity contribution in [3.63, 3.8) is 0 Å². The van der Waals surface area contributed by atoms with E-state index in [1.54, 1.807) is 17.7 Å². The summed E-state index contributed by atoms with van der Waals surface area (Å²) in [5.41, 5.74) is 9.17. The van der Waals surface area contributed by atoms with Crippen LogP contribution in [0.15, 0.2) is 24.5 Å². The molecule has 3 N–H and O–H groups in total. The van der Waals surface area contributed by atoms with Crippen LogP contribution in [0.5, 0.6) is 0 Å². The molecule has 0 bridgehead atoms. The van der Waals surface area contributed by atoms with E-state index in [4.69, 9.17) is 10.7 Å². The van der Waals surface area contributed by atoms with Gasteiger partial charge in [-0.25, -0.2) is 15.0 Å². The lowest BCUT2D eigenvalue weighted by Gasteiger charge is -2.36. The van der Waals surface area contributed by atoms with Crippen LogP contribution in [0.2, 0.25) is 0 Å². The molecule has 1 saturated heterocycles. The van der Waals surface area contributed by atoms with Crippen LogP contribution in [0.25, 0.3) is 10.2 Å². The van der Waals surface area contributed by atoms with Gasteiger partial charge in [0, 0.05) is 13.1 Å². The Hall–Kier alpha value is -2.45. The normalized spacial score (nSPS) is 16.0. The number of thiazole rings is 1. The molecular weight excluding hydrogens is 358 g/mol. The molecule has 0 unspecified atom stereocenters. The van der Waals surface area contributed by atoms with Crippen LogP contribution in [0.4, 0.5) is 22.5 Å². The zero-order valence-electron chi connectivity index (χ0n) is 15.9. The number of likely N-dealkylation sites (tertiary alicyclic amines) is 1. The third kappa shape index (κ3) is 3.54. The number of aryl methyl sites for hydroxylation is 1. The van der Waals surface area contributed by atoms with Gasteiger partial charge in [0.25, 0.3) is 0 Å². The summed E-state index contributed by atoms with van der Waals surface area (Å²) in [6.45, 7) is 4.26. The van der Waals surface area contributed by atoms with E-state index in [-0.39, 0.29) is 0 Å². The molecule has 8 heteroatoms. The summed E-state index contributed by atoms with van der Waals surface area (Å²) in [6, 6.07) is 6.64. The Labute approximate surface area is 163 Å². The number of nitrogens with two attached hydrogens (primary N) is 1. The minimum atomic E-state index is 0.441. The Kier molecular flexibility index (Phi) is 4.84. The molecule has 1 aliphatic heterocycles. The van der Waals surface area contributed by atoms with E-state index in [0.29, 0.717) is 17.5 Å². The minimum Gasteiger partial charge on any atom is -0.393 e. The number of benzene rings is 1. The van der Waals surface area contributed by atoms with Crippen LogP contribution in [-0.4, -0.2) is 53.1 Å². The molecule has 0 aliphatic carbocycles. The summed E-state index contributed by atoms with van der Waals surface area (Å²) in [4.78, 5) is 18.0. The van der Waals surface area contributed by atoms with Crippen molar-refractivity contribution < 1.29 is 0 Å². The average Bonchev–Trinajstić information content (AvgIpc) is 3.08. The van der Waals surface area contributed by atoms with Crippen molar-refractivity contribution in [3.05, 3.63) is 30.1 Å². The van der Waals surface area contributed by atoms with Crippen molar-refractivity contribution in [2.45, 2.75) is 25.8 Å². The summed E-state index contributed by atoms with van der Waals surface area (Å²) >= 11 is 1.60. The Morgan fingerprint density at radius 1 is 1.26 bits per heavy atom. The molecule has 2 aromatic heterocycles. The van der Waals surface area contributed by atoms with Crippen molar-refractivity contribution in [1.82, 2.24) is 19.9 Å². The van der Waals surface area contributed by atoms with Crippen LogP contribution in [0, 0.1) is 6.92 Å². The number of hydrogen-bond acceptors (Lipinski definition) is 8. The van der Waals surface area contributed by atoms with Gasteiger partial charge in [0.15, 0.2) is 16.8 Å². The predicted octanol–water partition coefficient (Wildman–Crippen LogP) is 3.25. The Morgan fingerprint density at radius 3 is 2.78 bits per heavy atom. The van der Waals surface area contributed by atoms with Crippen molar-refractivity contribution in [3.8, 4) is 0 Å². The van der Waals surface area contributed by atoms with Crippen molar-refractivity contribution in [2.24, 2.45) is 0 Å². The highest BCUT2D eigenvalue weighted by molar-refractivity contribution is 7.22. The standard InChI is InChI=1S/C19H25N7S/c1-12-5-4-6-14-16(12)23-19(27-14)24-17-15(20)18(22-11-21-17)26(3)13-7-9-25(2)10-8-13/h4-6,11,13H,7-10,20H2,1-3H3,(H,21,22,23,24). The van der Waals surface area contributed by atoms with Crippen molar-refractivity contribution in [2.75, 3.05) is 43.1 Å². The number of nitrogens with zero attached hydrogens (tertiary/aromatic N) is 5. The van der Waals surface area contributed by atoms with Gasteiger partial charge in [-0.15, -0.1) is 0 Å². The topological polar surface area (TPSA) is 83.2 Å². The minimum absolute atomic E-state index is 0.441. The van der Waals surface area contributed by atoms with E-state index < -0.39 is 0 Å². The van der Waals surface area contributed by atoms with Gasteiger partial charge < -0.3 is 20.9 Å². The largest absolute Gasteiger partial charge is 0.393 e. The molecule has 27 heavy (non-hydrogen) atoms. The predicted molar refractivity (Wildman–Crippen MR) is 113 cm³/mol. The molecule has 0 spiro atoms. The second-order valence-corrected chi connectivity index (χ2v) is 8.20. The zero-order valence-corrected chi connectivity index (χ0v) is 16.8. The van der Waals surface area contributed by atoms with E-state index in [9.17, 15) is 0 Å². The van der Waals surface area contributed by atoms with Gasteiger partial charge in [0.05, 0.1) is 10.2 Å². The highest BCUT2D eigenvalue weighted by atomic mass is 32.1. The van der Waals surface area contributed by atoms with Crippen LogP contribution < -0.4 is 16.0 Å². The summed E-state index contributed by atoms with van der Waals surface area (Å²) in [6.07, 6.45) is 3.78. The molecule has 3 heterocycles. The van der Waals surface area contributed by atoms with Gasteiger partial charge in [-0.1, -0.05) is 23.5 Å². The summed E-state index contributed by atoms with van der Waals surface area (Å²) in [5, 5.41) is 4.08. The monoisotopic (exact) mass is 383 g/mol. The number of nitrogens with one attached hydrogen (secondary N) is 1. The van der Waals surface area contributed by atoms with Crippen LogP contribution in [-0.2, 0) is 0 Å². The number of hydrogen-bond donors (Lipinski definition) is 2. The van der Waals surface area contributed by atoms with Gasteiger partial charge in [0.1, 0.15) is 12.0 Å². The number of anilines is 4. The van der Waals surface area contributed by atoms with Gasteiger partial charge in [-0.05, 0) is 51.5 Å². The fourth-order valence-corrected chi connectivity index (χ4v) is 4.51. The van der Waals surface area contributed by atoms with Crippen LogP contribution >= 0.6 is 11.3 Å². The lowest BCUT2D eigenvalue weighted by Crippen LogP contribution is -2.42. The molecular formula is C19H25N7S. The summed E-state index contributed by atoms with van der Waals surface area (Å²) < 4.78 is 1.15. The van der Waals surface area contributed by atoms with Gasteiger partial charge in [0.2, 0.25) is 0 Å². The fraction of sp³-hybridized carbons (Fsp3) is 0.421. The number of aromatic nitrogens is 3. The molecule has 142 valence electrons. The first-order chi connectivity index (χ1) is 13.0. The quantitative estimate of drug-likeness (QED) is 0.715. The lowest BCUT2D eigenvalue weighted by molar-refractivity contribution is 0.252. The Bertz CT molecular complexity index is 946. The number of para-hydroxylation sites is 1. The number of fused-ring (bicyclic) bond motifs is 1. The highest BCUT2D eigenvalue weighted by Crippen LogP contribution is 2.34. The first-order valence-corrected chi connectivity index (χ1v) is 9.99. The SMILES string of the molecule is Cc1cccc2sc(Nc3ncnc(N(C)C4CCN(C)CC4)c3N)nc12. The summed E-state index contributed by atoms with van der Waals surface area (Å²) in [5.74, 6) is 1.39. The smallest absolute Gasteiger partial charge is 0.189 e. The van der Waals surface area contributed by atoms with Crippen LogP contribution in [0.3, 0.4) is 0 Å². The highest BCUT2D eigenvalue weighted by Gasteiger charge is 2.24. The molecule has 1 fully saturated rings. The van der Waals surface area contributed by atoms with Crippen LogP contribution in [0.1, 0.15) is 18.4 Å². The Balaban J connectivity index is 1.58. The first-order valence-electron chi connectivity index (χ1n) is 9.18. The number of piperidine rings is 1. The third-order valence-electron chi connectivity index (χ3n) is 5.28. The van der Waals surface area contributed by atoms with Gasteiger partial charge in [-0.3, -0.25) is 0 Å². The number of rotatable bonds is 4. The molecule has 1 aliphatic rings. The maximum absolute atomic E-state index is 6.43. The Morgan fingerprint density at radius 2 is 2.04 bits per heavy atom. The molecule has 0 amide bonds. The second kappa shape index (κ2) is 7.28. The molecule has 0 atom stereocenters. The lowest BCUT2D eigenvalue weighted by atomic mass is 10.0. The third-order valence-corrected chi connectivity index (χ3v) is 6.21. The zero-order chi connectivity index (χ0) is 19.0. The molecule has 0 radical (unpaired) electrons. The average molecular weight is 384 g/mol. The first kappa shape index (κ1) is 17.9. The molecule has 4 rings (SSSR count). The van der Waals surface area contributed by atoms with E-state index in [1.807, 2.05) is 6.07 Å². The maximum atomic E-state index is 6.43. The fourth-order valence-electron chi connectivity index (χ4n) is 3.56. The molecule has 3 aromatic rings. The molecule has 7 nitrogen and oxygen atoms in total. The molecule has 0 saturated carbocycles. The van der Waals surface area contributed by atoms with Gasteiger partial charge in [-0.2, -0.15) is 0 Å². The second-order valence-electron chi connectivity index (χ2n) is 7.17. The maximum Gasteiger partial charge on any atom is 0.189 e. The molecule has 1 aromatic carbocycles. The van der Waals surface area contributed by atoms with E-state index in [0.717, 1.165) is 52.7 Å². The van der Waals surface area contributed by atoms with E-state index in [1.165, 1.54) is 0 Å². The van der Waals surface area contributed by atoms with E-state index in [2.05, 4.69) is 58.2 Å². The van der Waals surface area contributed by atoms with Crippen molar-refractivity contribution >= 4 is 44.0 Å². The van der Waals surface area contributed by atoms with E-state index >= 15 is 0 Å². The number of nitrogen functional groups attached to an aromatic ring is 1. The van der Waals surface area contributed by atoms with Crippen molar-refractivity contribution in [1.29, 1.82) is 0 Å². The summed E-state index contributed by atoms with van der Waals surface area (Å²) in [7, 11) is 4.23. The van der Waals surface area contributed by atoms with Gasteiger partial charge >= 0.3 is 0 Å².